The number of benzene rings is 1. The number of hydrogen-bond acceptors (Lipinski definition) is 2. The predicted octanol–water partition coefficient (Wildman–Crippen LogP) is 5.24. The van der Waals surface area contributed by atoms with Crippen LogP contribution in [0.2, 0.25) is 10.0 Å². The molecule has 0 radical (unpaired) electrons. The van der Waals surface area contributed by atoms with Crippen molar-refractivity contribution in [3.63, 3.8) is 0 Å². The largest absolute Gasteiger partial charge is 0.370 e. The maximum absolute atomic E-state index is 13.7. The Bertz CT molecular complexity index is 627. The number of halogens is 3. The van der Waals surface area contributed by atoms with E-state index < -0.39 is 5.82 Å². The SMILES string of the molecule is CCNc1nc2cc(Cl)c(F)c(Cl)c2cc1C(C)C. The van der Waals surface area contributed by atoms with Gasteiger partial charge in [0.05, 0.1) is 15.6 Å². The molecule has 19 heavy (non-hydrogen) atoms. The van der Waals surface area contributed by atoms with Gasteiger partial charge in [-0.2, -0.15) is 0 Å². The number of nitrogens with one attached hydrogen (secondary N) is 1. The van der Waals surface area contributed by atoms with Crippen molar-refractivity contribution in [1.82, 2.24) is 4.98 Å². The van der Waals surface area contributed by atoms with E-state index in [9.17, 15) is 4.39 Å². The lowest BCUT2D eigenvalue weighted by molar-refractivity contribution is 0.630. The number of nitrogens with zero attached hydrogens (tertiary/aromatic N) is 1. The lowest BCUT2D eigenvalue weighted by Gasteiger charge is -2.15. The van der Waals surface area contributed by atoms with Crippen molar-refractivity contribution in [2.24, 2.45) is 0 Å². The second kappa shape index (κ2) is 5.51. The van der Waals surface area contributed by atoms with Gasteiger partial charge in [-0.05, 0) is 30.5 Å². The fourth-order valence-corrected chi connectivity index (χ4v) is 2.48. The van der Waals surface area contributed by atoms with E-state index in [1.54, 1.807) is 0 Å². The fourth-order valence-electron chi connectivity index (χ4n) is 1.98. The summed E-state index contributed by atoms with van der Waals surface area (Å²) in [7, 11) is 0. The number of aromatic nitrogens is 1. The second-order valence-corrected chi connectivity index (χ2v) is 5.45. The Morgan fingerprint density at radius 3 is 2.58 bits per heavy atom. The van der Waals surface area contributed by atoms with Crippen LogP contribution in [0.25, 0.3) is 10.9 Å². The van der Waals surface area contributed by atoms with Gasteiger partial charge >= 0.3 is 0 Å². The van der Waals surface area contributed by atoms with Crippen LogP contribution in [-0.2, 0) is 0 Å². The van der Waals surface area contributed by atoms with Gasteiger partial charge in [0.25, 0.3) is 0 Å². The van der Waals surface area contributed by atoms with Gasteiger partial charge in [0.15, 0.2) is 5.82 Å². The van der Waals surface area contributed by atoms with Crippen LogP contribution in [0.3, 0.4) is 0 Å². The third kappa shape index (κ3) is 2.63. The van der Waals surface area contributed by atoms with E-state index in [0.717, 1.165) is 17.9 Å². The van der Waals surface area contributed by atoms with Crippen LogP contribution < -0.4 is 5.32 Å². The molecule has 0 amide bonds. The van der Waals surface area contributed by atoms with Crippen molar-refractivity contribution in [2.45, 2.75) is 26.7 Å². The Morgan fingerprint density at radius 1 is 1.32 bits per heavy atom. The number of fused-ring (bicyclic) bond motifs is 1. The number of hydrogen-bond donors (Lipinski definition) is 1. The molecule has 1 aromatic carbocycles. The predicted molar refractivity (Wildman–Crippen MR) is 80.0 cm³/mol. The molecule has 2 nitrogen and oxygen atoms in total. The molecule has 0 unspecified atom stereocenters. The first kappa shape index (κ1) is 14.4. The van der Waals surface area contributed by atoms with Crippen molar-refractivity contribution < 1.29 is 4.39 Å². The summed E-state index contributed by atoms with van der Waals surface area (Å²) in [5.74, 6) is 0.466. The summed E-state index contributed by atoms with van der Waals surface area (Å²) in [4.78, 5) is 4.50. The summed E-state index contributed by atoms with van der Waals surface area (Å²) < 4.78 is 13.7. The number of anilines is 1. The van der Waals surface area contributed by atoms with Gasteiger partial charge in [0.2, 0.25) is 0 Å². The van der Waals surface area contributed by atoms with E-state index in [1.807, 2.05) is 13.0 Å². The molecule has 5 heteroatoms. The summed E-state index contributed by atoms with van der Waals surface area (Å²) in [5.41, 5.74) is 1.61. The number of rotatable bonds is 3. The standard InChI is InChI=1S/C14H15Cl2FN2/c1-4-18-14-8(7(2)3)5-9-11(19-14)6-10(15)13(17)12(9)16/h5-7H,4H2,1-3H3,(H,18,19). The molecule has 0 fully saturated rings. The van der Waals surface area contributed by atoms with E-state index in [-0.39, 0.29) is 16.0 Å². The molecule has 1 N–H and O–H groups in total. The van der Waals surface area contributed by atoms with Crippen molar-refractivity contribution in [3.05, 3.63) is 33.6 Å². The van der Waals surface area contributed by atoms with E-state index in [2.05, 4.69) is 24.1 Å². The minimum absolute atomic E-state index is 0.00949. The van der Waals surface area contributed by atoms with Crippen LogP contribution in [0.15, 0.2) is 12.1 Å². The van der Waals surface area contributed by atoms with Gasteiger partial charge in [-0.15, -0.1) is 0 Å². The highest BCUT2D eigenvalue weighted by Gasteiger charge is 2.16. The monoisotopic (exact) mass is 300 g/mol. The smallest absolute Gasteiger partial charge is 0.161 e. The van der Waals surface area contributed by atoms with Crippen LogP contribution in [0.1, 0.15) is 32.3 Å². The molecule has 1 heterocycles. The van der Waals surface area contributed by atoms with Crippen LogP contribution in [0.5, 0.6) is 0 Å². The number of pyridine rings is 1. The van der Waals surface area contributed by atoms with Gasteiger partial charge in [-0.3, -0.25) is 0 Å². The molecule has 0 atom stereocenters. The second-order valence-electron chi connectivity index (χ2n) is 4.66. The average molecular weight is 301 g/mol. The highest BCUT2D eigenvalue weighted by molar-refractivity contribution is 6.38. The van der Waals surface area contributed by atoms with Crippen LogP contribution >= 0.6 is 23.2 Å². The first-order valence-electron chi connectivity index (χ1n) is 6.17. The molecule has 102 valence electrons. The van der Waals surface area contributed by atoms with Gasteiger partial charge < -0.3 is 5.32 Å². The molecule has 0 aliphatic rings. The van der Waals surface area contributed by atoms with Crippen LogP contribution in [0, 0.1) is 5.82 Å². The summed E-state index contributed by atoms with van der Waals surface area (Å²) in [6.07, 6.45) is 0. The molecule has 0 bridgehead atoms. The molecular weight excluding hydrogens is 286 g/mol. The van der Waals surface area contributed by atoms with Gasteiger partial charge in [-0.1, -0.05) is 37.0 Å². The van der Waals surface area contributed by atoms with E-state index >= 15 is 0 Å². The summed E-state index contributed by atoms with van der Waals surface area (Å²) in [5, 5.41) is 3.82. The molecular formula is C14H15Cl2FN2. The molecule has 1 aromatic heterocycles. The zero-order chi connectivity index (χ0) is 14.2. The Labute approximate surface area is 121 Å². The van der Waals surface area contributed by atoms with Gasteiger partial charge in [0.1, 0.15) is 5.82 Å². The minimum atomic E-state index is -0.594. The first-order chi connectivity index (χ1) is 8.95. The van der Waals surface area contributed by atoms with Gasteiger partial charge in [-0.25, -0.2) is 9.37 Å². The van der Waals surface area contributed by atoms with Crippen LogP contribution in [-0.4, -0.2) is 11.5 Å². The third-order valence-electron chi connectivity index (χ3n) is 2.95. The molecule has 0 aliphatic carbocycles. The third-order valence-corrected chi connectivity index (χ3v) is 3.59. The fraction of sp³-hybridized carbons (Fsp3) is 0.357. The molecule has 0 spiro atoms. The highest BCUT2D eigenvalue weighted by Crippen LogP contribution is 2.35. The quantitative estimate of drug-likeness (QED) is 0.785. The van der Waals surface area contributed by atoms with Gasteiger partial charge in [0, 0.05) is 11.9 Å². The van der Waals surface area contributed by atoms with Crippen molar-refractivity contribution in [2.75, 3.05) is 11.9 Å². The maximum atomic E-state index is 13.7. The highest BCUT2D eigenvalue weighted by atomic mass is 35.5. The molecule has 0 saturated heterocycles. The zero-order valence-electron chi connectivity index (χ0n) is 11.0. The molecule has 0 aliphatic heterocycles. The van der Waals surface area contributed by atoms with Crippen molar-refractivity contribution in [1.29, 1.82) is 0 Å². The topological polar surface area (TPSA) is 24.9 Å². The summed E-state index contributed by atoms with van der Waals surface area (Å²) in [6, 6.07) is 3.38. The Kier molecular flexibility index (Phi) is 4.16. The normalized spacial score (nSPS) is 11.3. The van der Waals surface area contributed by atoms with Crippen LogP contribution in [0.4, 0.5) is 10.2 Å². The van der Waals surface area contributed by atoms with Crippen molar-refractivity contribution >= 4 is 39.9 Å². The lowest BCUT2D eigenvalue weighted by atomic mass is 10.0. The Morgan fingerprint density at radius 2 is 2.00 bits per heavy atom. The summed E-state index contributed by atoms with van der Waals surface area (Å²) in [6.45, 7) is 6.88. The van der Waals surface area contributed by atoms with E-state index in [1.165, 1.54) is 6.07 Å². The molecule has 2 aromatic rings. The Hall–Kier alpha value is -1.06. The van der Waals surface area contributed by atoms with E-state index in [0.29, 0.717) is 10.9 Å². The molecule has 2 rings (SSSR count). The molecule has 0 saturated carbocycles. The lowest BCUT2D eigenvalue weighted by Crippen LogP contribution is -2.05. The minimum Gasteiger partial charge on any atom is -0.370 e. The maximum Gasteiger partial charge on any atom is 0.161 e. The first-order valence-corrected chi connectivity index (χ1v) is 6.93. The Balaban J connectivity index is 2.77. The zero-order valence-corrected chi connectivity index (χ0v) is 12.5. The van der Waals surface area contributed by atoms with Crippen molar-refractivity contribution in [3.8, 4) is 0 Å². The average Bonchev–Trinajstić information content (AvgIpc) is 2.36. The van der Waals surface area contributed by atoms with E-state index in [4.69, 9.17) is 23.2 Å². The summed E-state index contributed by atoms with van der Waals surface area (Å²) >= 11 is 11.8.